The second kappa shape index (κ2) is 5.91. The van der Waals surface area contributed by atoms with Gasteiger partial charge in [0.1, 0.15) is 6.61 Å². The maximum Gasteiger partial charge on any atom is 0.414 e. The Morgan fingerprint density at radius 3 is 2.44 bits per heavy atom. The fourth-order valence-electron chi connectivity index (χ4n) is 1.05. The Kier molecular flexibility index (Phi) is 5.01. The van der Waals surface area contributed by atoms with Gasteiger partial charge in [0.25, 0.3) is 0 Å². The van der Waals surface area contributed by atoms with E-state index in [1.165, 1.54) is 18.2 Å². The molecule has 0 bridgehead atoms. The molecule has 0 spiro atoms. The predicted molar refractivity (Wildman–Crippen MR) is 62.3 cm³/mol. The van der Waals surface area contributed by atoms with Crippen molar-refractivity contribution in [1.29, 1.82) is 0 Å². The summed E-state index contributed by atoms with van der Waals surface area (Å²) in [5.74, 6) is -0.593. The van der Waals surface area contributed by atoms with Crippen LogP contribution < -0.4 is 0 Å². The maximum atomic E-state index is 12.1. The summed E-state index contributed by atoms with van der Waals surface area (Å²) in [5.41, 5.74) is 0.152. The monoisotopic (exact) mass is 300 g/mol. The average molecular weight is 301 g/mol. The first-order valence-electron chi connectivity index (χ1n) is 4.88. The fraction of sp³-hybridized carbons (Fsp3) is 0.364. The second-order valence-electron chi connectivity index (χ2n) is 3.55. The van der Waals surface area contributed by atoms with Crippen LogP contribution in [0, 0.1) is 0 Å². The van der Waals surface area contributed by atoms with Gasteiger partial charge in [-0.25, -0.2) is 0 Å². The third-order valence-electron chi connectivity index (χ3n) is 2.17. The molecule has 1 aromatic carbocycles. The molecule has 0 heterocycles. The van der Waals surface area contributed by atoms with E-state index in [1.807, 2.05) is 0 Å². The van der Waals surface area contributed by atoms with Crippen molar-refractivity contribution >= 4 is 29.0 Å². The molecule has 18 heavy (non-hydrogen) atoms. The molecule has 2 nitrogen and oxygen atoms in total. The van der Waals surface area contributed by atoms with Crippen molar-refractivity contribution in [3.8, 4) is 0 Å². The van der Waals surface area contributed by atoms with Gasteiger partial charge in [0.15, 0.2) is 11.9 Å². The van der Waals surface area contributed by atoms with Gasteiger partial charge in [0.2, 0.25) is 0 Å². The summed E-state index contributed by atoms with van der Waals surface area (Å²) in [6, 6.07) is 4.05. The molecular weight excluding hydrogens is 292 g/mol. The zero-order valence-electron chi connectivity index (χ0n) is 9.22. The van der Waals surface area contributed by atoms with Gasteiger partial charge in [-0.1, -0.05) is 23.2 Å². The second-order valence-corrected chi connectivity index (χ2v) is 4.36. The molecule has 0 aliphatic carbocycles. The van der Waals surface area contributed by atoms with E-state index >= 15 is 0 Å². The first kappa shape index (κ1) is 15.3. The predicted octanol–water partition coefficient (Wildman–Crippen LogP) is 4.14. The molecule has 0 aromatic heterocycles. The van der Waals surface area contributed by atoms with E-state index in [9.17, 15) is 18.0 Å². The highest BCUT2D eigenvalue weighted by Crippen LogP contribution is 2.24. The lowest BCUT2D eigenvalue weighted by Gasteiger charge is -2.15. The van der Waals surface area contributed by atoms with E-state index in [1.54, 1.807) is 0 Å². The summed E-state index contributed by atoms with van der Waals surface area (Å²) < 4.78 is 40.9. The van der Waals surface area contributed by atoms with Gasteiger partial charge < -0.3 is 4.74 Å². The molecule has 0 radical (unpaired) electrons. The number of carbonyl (C=O) groups is 1. The number of halogens is 5. The molecule has 0 saturated carbocycles. The van der Waals surface area contributed by atoms with E-state index in [0.717, 1.165) is 6.92 Å². The summed E-state index contributed by atoms with van der Waals surface area (Å²) in [6.45, 7) is 0.167. The minimum atomic E-state index is -4.49. The zero-order valence-corrected chi connectivity index (χ0v) is 10.7. The normalized spacial score (nSPS) is 13.4. The number of ketones is 1. The average Bonchev–Trinajstić information content (AvgIpc) is 2.27. The van der Waals surface area contributed by atoms with E-state index in [2.05, 4.69) is 4.74 Å². The van der Waals surface area contributed by atoms with E-state index < -0.39 is 24.7 Å². The number of hydrogen-bond donors (Lipinski definition) is 0. The highest BCUT2D eigenvalue weighted by molar-refractivity contribution is 6.42. The first-order valence-corrected chi connectivity index (χ1v) is 5.64. The third kappa shape index (κ3) is 4.15. The number of carbonyl (C=O) groups excluding carboxylic acids is 1. The maximum absolute atomic E-state index is 12.1. The Bertz CT molecular complexity index is 446. The van der Waals surface area contributed by atoms with E-state index in [0.29, 0.717) is 0 Å². The Labute approximate surface area is 112 Å². The van der Waals surface area contributed by atoms with Gasteiger partial charge in [-0.2, -0.15) is 13.2 Å². The quantitative estimate of drug-likeness (QED) is 0.781. The van der Waals surface area contributed by atoms with Gasteiger partial charge >= 0.3 is 6.18 Å². The Morgan fingerprint density at radius 1 is 1.33 bits per heavy atom. The summed E-state index contributed by atoms with van der Waals surface area (Å²) in [4.78, 5) is 11.5. The van der Waals surface area contributed by atoms with Gasteiger partial charge in [-0.05, 0) is 25.1 Å². The smallest absolute Gasteiger partial charge is 0.361 e. The number of benzene rings is 1. The minimum Gasteiger partial charge on any atom is -0.361 e. The third-order valence-corrected chi connectivity index (χ3v) is 2.91. The number of hydrogen-bond acceptors (Lipinski definition) is 2. The van der Waals surface area contributed by atoms with Crippen molar-refractivity contribution in [2.75, 3.05) is 6.61 Å². The van der Waals surface area contributed by atoms with Crippen LogP contribution in [0.3, 0.4) is 0 Å². The molecule has 7 heteroatoms. The van der Waals surface area contributed by atoms with Gasteiger partial charge in [-0.15, -0.1) is 0 Å². The van der Waals surface area contributed by atoms with Crippen LogP contribution in [0.25, 0.3) is 0 Å². The molecule has 0 amide bonds. The number of alkyl halides is 3. The molecule has 0 aliphatic heterocycles. The highest BCUT2D eigenvalue weighted by atomic mass is 35.5. The molecule has 100 valence electrons. The fourth-order valence-corrected chi connectivity index (χ4v) is 1.35. The van der Waals surface area contributed by atoms with Crippen molar-refractivity contribution in [1.82, 2.24) is 0 Å². The van der Waals surface area contributed by atoms with Crippen molar-refractivity contribution in [3.63, 3.8) is 0 Å². The van der Waals surface area contributed by atoms with Crippen molar-refractivity contribution in [3.05, 3.63) is 33.8 Å². The zero-order chi connectivity index (χ0) is 13.9. The molecule has 1 rings (SSSR count). The van der Waals surface area contributed by atoms with Gasteiger partial charge in [0.05, 0.1) is 10.0 Å². The summed E-state index contributed by atoms with van der Waals surface area (Å²) >= 11 is 11.3. The van der Waals surface area contributed by atoms with Gasteiger partial charge in [0, 0.05) is 5.56 Å². The lowest BCUT2D eigenvalue weighted by Crippen LogP contribution is -2.30. The van der Waals surface area contributed by atoms with E-state index in [-0.39, 0.29) is 15.6 Å². The summed E-state index contributed by atoms with van der Waals surface area (Å²) in [5, 5.41) is 0.421. The lowest BCUT2D eigenvalue weighted by molar-refractivity contribution is -0.210. The molecule has 0 N–H and O–H groups in total. The molecule has 1 aromatic rings. The summed E-state index contributed by atoms with van der Waals surface area (Å²) in [7, 11) is 0. The largest absolute Gasteiger partial charge is 0.414 e. The molecular formula is C11H9Cl2F3O2. The molecule has 0 aliphatic rings. The van der Waals surface area contributed by atoms with Crippen molar-refractivity contribution < 1.29 is 22.7 Å². The summed E-state index contributed by atoms with van der Waals surface area (Å²) in [6.07, 6.45) is -6.48. The number of Topliss-reactive ketones (excluding diaryl/α,β-unsaturated/α-hetero) is 1. The Morgan fingerprint density at radius 2 is 1.94 bits per heavy atom. The van der Waals surface area contributed by atoms with Crippen LogP contribution in [-0.4, -0.2) is 24.7 Å². The van der Waals surface area contributed by atoms with Crippen LogP contribution in [0.5, 0.6) is 0 Å². The van der Waals surface area contributed by atoms with Crippen LogP contribution in [-0.2, 0) is 4.74 Å². The van der Waals surface area contributed by atoms with Crippen LogP contribution in [0.2, 0.25) is 10.0 Å². The highest BCUT2D eigenvalue weighted by Gasteiger charge is 2.37. The van der Waals surface area contributed by atoms with Crippen LogP contribution in [0.4, 0.5) is 13.2 Å². The van der Waals surface area contributed by atoms with Crippen LogP contribution in [0.1, 0.15) is 17.3 Å². The van der Waals surface area contributed by atoms with Gasteiger partial charge in [-0.3, -0.25) is 4.79 Å². The van der Waals surface area contributed by atoms with Crippen molar-refractivity contribution in [2.24, 2.45) is 0 Å². The topological polar surface area (TPSA) is 26.3 Å². The van der Waals surface area contributed by atoms with Crippen LogP contribution >= 0.6 is 23.2 Å². The Hall–Kier alpha value is -0.780. The minimum absolute atomic E-state index is 0.152. The number of ether oxygens (including phenoxy) is 1. The Balaban J connectivity index is 2.63. The van der Waals surface area contributed by atoms with E-state index in [4.69, 9.17) is 23.2 Å². The van der Waals surface area contributed by atoms with Crippen LogP contribution in [0.15, 0.2) is 18.2 Å². The molecule has 0 fully saturated rings. The molecule has 1 atom stereocenters. The number of rotatable bonds is 4. The SMILES string of the molecule is CC(OCC(=O)c1ccc(Cl)c(Cl)c1)C(F)(F)F. The standard InChI is InChI=1S/C11H9Cl2F3O2/c1-6(11(14,15)16)18-5-10(17)7-2-3-8(12)9(13)4-7/h2-4,6H,5H2,1H3. The lowest BCUT2D eigenvalue weighted by atomic mass is 10.1. The molecule has 1 unspecified atom stereocenters. The first-order chi connectivity index (χ1) is 8.21. The molecule has 0 saturated heterocycles. The van der Waals surface area contributed by atoms with Crippen molar-refractivity contribution in [2.45, 2.75) is 19.2 Å².